The van der Waals surface area contributed by atoms with Gasteiger partial charge in [-0.25, -0.2) is 0 Å². The first-order valence-corrected chi connectivity index (χ1v) is 18.1. The molecule has 0 aromatic carbocycles. The van der Waals surface area contributed by atoms with Crippen molar-refractivity contribution in [2.24, 2.45) is 0 Å². The maximum Gasteiger partial charge on any atom is 0.268 e. The third kappa shape index (κ3) is 13.2. The fraction of sp³-hybridized carbons (Fsp3) is 0.625. The third-order valence-electron chi connectivity index (χ3n) is 2.03. The number of allylic oxidation sites excluding steroid dienone is 2. The van der Waals surface area contributed by atoms with E-state index in [4.69, 9.17) is 18.0 Å². The van der Waals surface area contributed by atoms with Crippen LogP contribution >= 0.6 is 0 Å². The van der Waals surface area contributed by atoms with Crippen LogP contribution in [0.5, 0.6) is 0 Å². The van der Waals surface area contributed by atoms with Crippen LogP contribution in [-0.2, 0) is 18.0 Å². The van der Waals surface area contributed by atoms with Crippen LogP contribution in [0.25, 0.3) is 0 Å². The second-order valence-corrected chi connectivity index (χ2v) is 21.6. The summed E-state index contributed by atoms with van der Waals surface area (Å²) in [5.41, 5.74) is 0. The van der Waals surface area contributed by atoms with Gasteiger partial charge in [-0.3, -0.25) is 0 Å². The largest absolute Gasteiger partial charge is 0.545 e. The number of hydrogen-bond donors (Lipinski definition) is 0. The van der Waals surface area contributed by atoms with Crippen LogP contribution in [-0.4, -0.2) is 32.1 Å². The number of rotatable bonds is 9. The molecule has 0 heterocycles. The van der Waals surface area contributed by atoms with Crippen molar-refractivity contribution in [2.45, 2.75) is 58.9 Å². The molecule has 0 atom stereocenters. The molecule has 0 N–H and O–H groups in total. The van der Waals surface area contributed by atoms with Crippen molar-refractivity contribution in [3.63, 3.8) is 0 Å². The molecular weight excluding hydrogens is 340 g/mol. The number of ether oxygens (including phenoxy) is 1. The quantitative estimate of drug-likeness (QED) is 0.306. The first-order chi connectivity index (χ1) is 10.1. The van der Waals surface area contributed by atoms with Crippen molar-refractivity contribution in [2.75, 3.05) is 7.11 Å². The van der Waals surface area contributed by atoms with E-state index < -0.39 is 25.0 Å². The highest BCUT2D eigenvalue weighted by atomic mass is 28.4. The van der Waals surface area contributed by atoms with Crippen LogP contribution in [0.4, 0.5) is 0 Å². The van der Waals surface area contributed by atoms with E-state index in [1.54, 1.807) is 13.2 Å². The van der Waals surface area contributed by atoms with Gasteiger partial charge in [0.1, 0.15) is 5.76 Å². The van der Waals surface area contributed by atoms with Gasteiger partial charge in [0.05, 0.1) is 18.9 Å². The van der Waals surface area contributed by atoms with Crippen molar-refractivity contribution < 1.29 is 18.0 Å². The van der Waals surface area contributed by atoms with E-state index in [-0.39, 0.29) is 0 Å². The molecule has 0 unspecified atom stereocenters. The molecule has 0 aliphatic heterocycles. The standard InChI is InChI=1S/C16H34O4Si3/c1-14(18-21(3,4)5)12-15(19-22(6,7)8)13-16(17-2)20-23(9,10)11/h12-13H,1H2,2-11H3/b15-12-,16-13+. The van der Waals surface area contributed by atoms with Crippen LogP contribution in [0.2, 0.25) is 58.9 Å². The lowest BCUT2D eigenvalue weighted by Crippen LogP contribution is -2.27. The second kappa shape index (κ2) is 8.25. The summed E-state index contributed by atoms with van der Waals surface area (Å²) >= 11 is 0. The van der Waals surface area contributed by atoms with E-state index in [0.717, 1.165) is 0 Å². The van der Waals surface area contributed by atoms with E-state index in [1.807, 2.05) is 6.08 Å². The molecule has 0 aliphatic rings. The molecule has 0 aromatic heterocycles. The van der Waals surface area contributed by atoms with Gasteiger partial charge in [0, 0.05) is 6.08 Å². The molecule has 0 amide bonds. The Morgan fingerprint density at radius 2 is 1.13 bits per heavy atom. The first-order valence-electron chi connectivity index (χ1n) is 7.85. The summed E-state index contributed by atoms with van der Waals surface area (Å²) in [4.78, 5) is 0. The Morgan fingerprint density at radius 1 is 0.696 bits per heavy atom. The van der Waals surface area contributed by atoms with E-state index in [1.165, 1.54) is 0 Å². The number of hydrogen-bond acceptors (Lipinski definition) is 4. The summed E-state index contributed by atoms with van der Waals surface area (Å²) in [7, 11) is -3.63. The fourth-order valence-electron chi connectivity index (χ4n) is 1.58. The van der Waals surface area contributed by atoms with Crippen LogP contribution in [0, 0.1) is 0 Å². The fourth-order valence-corrected chi connectivity index (χ4v) is 4.00. The first kappa shape index (κ1) is 22.1. The maximum absolute atomic E-state index is 6.12. The Labute approximate surface area is 145 Å². The molecule has 0 aromatic rings. The van der Waals surface area contributed by atoms with Crippen molar-refractivity contribution >= 4 is 25.0 Å². The van der Waals surface area contributed by atoms with E-state index in [2.05, 4.69) is 65.5 Å². The lowest BCUT2D eigenvalue weighted by atomic mass is 10.4. The topological polar surface area (TPSA) is 36.9 Å². The summed E-state index contributed by atoms with van der Waals surface area (Å²) in [6.45, 7) is 23.1. The highest BCUT2D eigenvalue weighted by molar-refractivity contribution is 6.70. The maximum atomic E-state index is 6.12. The van der Waals surface area contributed by atoms with Gasteiger partial charge in [0.2, 0.25) is 25.0 Å². The predicted molar refractivity (Wildman–Crippen MR) is 106 cm³/mol. The SMILES string of the molecule is C=C(/C=C(/C=C(\OC)O[Si](C)(C)C)O[Si](C)(C)C)O[Si](C)(C)C. The average Bonchev–Trinajstić information content (AvgIpc) is 2.20. The normalized spacial score (nSPS) is 14.3. The zero-order valence-corrected chi connectivity index (χ0v) is 19.5. The van der Waals surface area contributed by atoms with E-state index >= 15 is 0 Å². The molecule has 0 radical (unpaired) electrons. The third-order valence-corrected chi connectivity index (χ3v) is 4.57. The number of methoxy groups -OCH3 is 1. The van der Waals surface area contributed by atoms with Crippen LogP contribution in [0.15, 0.2) is 36.2 Å². The lowest BCUT2D eigenvalue weighted by Gasteiger charge is -2.24. The summed E-state index contributed by atoms with van der Waals surface area (Å²) in [6, 6.07) is 0. The molecule has 134 valence electrons. The van der Waals surface area contributed by atoms with Gasteiger partial charge in [-0.15, -0.1) is 0 Å². The summed E-state index contributed by atoms with van der Waals surface area (Å²) < 4.78 is 23.3. The monoisotopic (exact) mass is 374 g/mol. The Morgan fingerprint density at radius 3 is 1.48 bits per heavy atom. The molecule has 0 saturated heterocycles. The van der Waals surface area contributed by atoms with Gasteiger partial charge in [-0.05, 0) is 58.9 Å². The molecule has 0 fully saturated rings. The van der Waals surface area contributed by atoms with Crippen LogP contribution < -0.4 is 0 Å². The van der Waals surface area contributed by atoms with Gasteiger partial charge in [-0.1, -0.05) is 6.58 Å². The lowest BCUT2D eigenvalue weighted by molar-refractivity contribution is 0.145. The van der Waals surface area contributed by atoms with Gasteiger partial charge < -0.3 is 18.0 Å². The van der Waals surface area contributed by atoms with Crippen LogP contribution in [0.1, 0.15) is 0 Å². The average molecular weight is 375 g/mol. The molecule has 0 bridgehead atoms. The van der Waals surface area contributed by atoms with Crippen molar-refractivity contribution in [1.29, 1.82) is 0 Å². The summed E-state index contributed by atoms with van der Waals surface area (Å²) in [5, 5.41) is 0. The molecule has 7 heteroatoms. The zero-order valence-electron chi connectivity index (χ0n) is 16.5. The Balaban J connectivity index is 5.48. The van der Waals surface area contributed by atoms with Gasteiger partial charge in [0.15, 0.2) is 0 Å². The highest BCUT2D eigenvalue weighted by Crippen LogP contribution is 2.20. The summed E-state index contributed by atoms with van der Waals surface area (Å²) in [6.07, 6.45) is 3.61. The molecule has 23 heavy (non-hydrogen) atoms. The minimum atomic E-state index is -1.78. The van der Waals surface area contributed by atoms with Crippen molar-refractivity contribution in [3.05, 3.63) is 36.2 Å². The molecule has 4 nitrogen and oxygen atoms in total. The highest BCUT2D eigenvalue weighted by Gasteiger charge is 2.22. The molecular formula is C16H34O4Si3. The molecule has 0 rings (SSSR count). The molecule has 0 saturated carbocycles. The smallest absolute Gasteiger partial charge is 0.268 e. The van der Waals surface area contributed by atoms with Crippen molar-refractivity contribution in [1.82, 2.24) is 0 Å². The van der Waals surface area contributed by atoms with Gasteiger partial charge >= 0.3 is 0 Å². The molecule has 0 aliphatic carbocycles. The Kier molecular flexibility index (Phi) is 7.92. The summed E-state index contributed by atoms with van der Waals surface area (Å²) in [5.74, 6) is 1.74. The van der Waals surface area contributed by atoms with Gasteiger partial charge in [-0.2, -0.15) is 0 Å². The molecule has 0 spiro atoms. The van der Waals surface area contributed by atoms with E-state index in [0.29, 0.717) is 17.5 Å². The minimum absolute atomic E-state index is 0.467. The predicted octanol–water partition coefficient (Wildman–Crippen LogP) is 5.43. The van der Waals surface area contributed by atoms with Crippen LogP contribution in [0.3, 0.4) is 0 Å². The Hall–Kier alpha value is -0.929. The van der Waals surface area contributed by atoms with Crippen molar-refractivity contribution in [3.8, 4) is 0 Å². The van der Waals surface area contributed by atoms with Gasteiger partial charge in [0.25, 0.3) is 5.95 Å². The second-order valence-electron chi connectivity index (χ2n) is 8.32. The zero-order chi connectivity index (χ0) is 18.5. The van der Waals surface area contributed by atoms with E-state index in [9.17, 15) is 0 Å². The minimum Gasteiger partial charge on any atom is -0.545 e. The Bertz CT molecular complexity index is 463.